The molecular formula is C16H21NO3. The van der Waals surface area contributed by atoms with Gasteiger partial charge in [0.25, 0.3) is 0 Å². The van der Waals surface area contributed by atoms with Gasteiger partial charge in [0, 0.05) is 6.04 Å². The molecule has 1 aliphatic heterocycles. The minimum absolute atomic E-state index is 0.145. The molecule has 3 rings (SSSR count). The van der Waals surface area contributed by atoms with E-state index in [0.717, 1.165) is 19.3 Å². The van der Waals surface area contributed by atoms with Gasteiger partial charge in [0.05, 0.1) is 12.2 Å². The number of rotatable bonds is 2. The van der Waals surface area contributed by atoms with Crippen LogP contribution >= 0.6 is 0 Å². The molecule has 4 heteroatoms. The van der Waals surface area contributed by atoms with Crippen LogP contribution in [0.2, 0.25) is 0 Å². The van der Waals surface area contributed by atoms with Gasteiger partial charge in [-0.1, -0.05) is 30.3 Å². The Bertz CT molecular complexity index is 476. The van der Waals surface area contributed by atoms with Gasteiger partial charge in [-0.25, -0.2) is 0 Å². The number of benzene rings is 1. The molecule has 1 heterocycles. The Morgan fingerprint density at radius 3 is 2.75 bits per heavy atom. The van der Waals surface area contributed by atoms with E-state index in [9.17, 15) is 9.90 Å². The molecule has 0 bridgehead atoms. The van der Waals surface area contributed by atoms with Crippen LogP contribution in [-0.2, 0) is 9.53 Å². The SMILES string of the molecule is CC1OC2CCC(c3ccccc3)CC2NC1C(=O)O. The number of carbonyl (C=O) groups is 1. The minimum Gasteiger partial charge on any atom is -0.480 e. The van der Waals surface area contributed by atoms with Crippen LogP contribution in [0.25, 0.3) is 0 Å². The third-order valence-electron chi connectivity index (χ3n) is 4.58. The monoisotopic (exact) mass is 275 g/mol. The van der Waals surface area contributed by atoms with E-state index in [0.29, 0.717) is 5.92 Å². The van der Waals surface area contributed by atoms with Crippen LogP contribution in [0.15, 0.2) is 30.3 Å². The number of morpholine rings is 1. The Hall–Kier alpha value is -1.39. The molecular weight excluding hydrogens is 254 g/mol. The van der Waals surface area contributed by atoms with Crippen LogP contribution in [0.3, 0.4) is 0 Å². The average molecular weight is 275 g/mol. The van der Waals surface area contributed by atoms with Gasteiger partial charge in [-0.15, -0.1) is 0 Å². The molecule has 108 valence electrons. The number of fused-ring (bicyclic) bond motifs is 1. The first-order valence-corrected chi connectivity index (χ1v) is 7.34. The molecule has 2 fully saturated rings. The summed E-state index contributed by atoms with van der Waals surface area (Å²) >= 11 is 0. The Labute approximate surface area is 119 Å². The molecule has 0 radical (unpaired) electrons. The average Bonchev–Trinajstić information content (AvgIpc) is 2.47. The lowest BCUT2D eigenvalue weighted by atomic mass is 9.78. The number of aliphatic carboxylic acids is 1. The predicted molar refractivity (Wildman–Crippen MR) is 75.7 cm³/mol. The number of ether oxygens (including phenoxy) is 1. The Balaban J connectivity index is 1.71. The second-order valence-corrected chi connectivity index (χ2v) is 5.89. The zero-order chi connectivity index (χ0) is 14.1. The Morgan fingerprint density at radius 1 is 1.30 bits per heavy atom. The van der Waals surface area contributed by atoms with E-state index in [1.165, 1.54) is 5.56 Å². The summed E-state index contributed by atoms with van der Waals surface area (Å²) in [5, 5.41) is 12.5. The standard InChI is InChI=1S/C16H21NO3/c1-10-15(16(18)19)17-13-9-12(7-8-14(13)20-10)11-5-3-2-4-6-11/h2-6,10,12-15,17H,7-9H2,1H3,(H,18,19). The van der Waals surface area contributed by atoms with Crippen LogP contribution < -0.4 is 5.32 Å². The normalized spacial score (nSPS) is 37.1. The fourth-order valence-electron chi connectivity index (χ4n) is 3.50. The van der Waals surface area contributed by atoms with Gasteiger partial charge in [-0.05, 0) is 37.7 Å². The van der Waals surface area contributed by atoms with E-state index in [-0.39, 0.29) is 18.2 Å². The van der Waals surface area contributed by atoms with Crippen LogP contribution in [0.5, 0.6) is 0 Å². The molecule has 1 saturated carbocycles. The van der Waals surface area contributed by atoms with Crippen molar-refractivity contribution in [1.29, 1.82) is 0 Å². The third-order valence-corrected chi connectivity index (χ3v) is 4.58. The van der Waals surface area contributed by atoms with Crippen LogP contribution in [0.1, 0.15) is 37.7 Å². The Kier molecular flexibility index (Phi) is 3.76. The predicted octanol–water partition coefficient (Wildman–Crippen LogP) is 2.15. The van der Waals surface area contributed by atoms with Crippen LogP contribution in [-0.4, -0.2) is 35.4 Å². The maximum atomic E-state index is 11.2. The zero-order valence-electron chi connectivity index (χ0n) is 11.7. The maximum absolute atomic E-state index is 11.2. The molecule has 4 nitrogen and oxygen atoms in total. The number of hydrogen-bond donors (Lipinski definition) is 2. The van der Waals surface area contributed by atoms with Crippen LogP contribution in [0.4, 0.5) is 0 Å². The highest BCUT2D eigenvalue weighted by molar-refractivity contribution is 5.74. The summed E-state index contributed by atoms with van der Waals surface area (Å²) in [6, 6.07) is 10.0. The molecule has 1 aliphatic carbocycles. The summed E-state index contributed by atoms with van der Waals surface area (Å²) in [7, 11) is 0. The molecule has 0 amide bonds. The number of nitrogens with one attached hydrogen (secondary N) is 1. The molecule has 1 aromatic carbocycles. The van der Waals surface area contributed by atoms with Crippen molar-refractivity contribution in [2.75, 3.05) is 0 Å². The quantitative estimate of drug-likeness (QED) is 0.868. The van der Waals surface area contributed by atoms with Crippen molar-refractivity contribution in [1.82, 2.24) is 5.32 Å². The second kappa shape index (κ2) is 5.54. The molecule has 0 aromatic heterocycles. The molecule has 5 atom stereocenters. The summed E-state index contributed by atoms with van der Waals surface area (Å²) in [6.07, 6.45) is 2.94. The van der Waals surface area contributed by atoms with Crippen molar-refractivity contribution in [2.45, 2.75) is 56.4 Å². The van der Waals surface area contributed by atoms with Gasteiger partial charge in [0.1, 0.15) is 6.04 Å². The Morgan fingerprint density at radius 2 is 2.05 bits per heavy atom. The summed E-state index contributed by atoms with van der Waals surface area (Å²) < 4.78 is 5.90. The highest BCUT2D eigenvalue weighted by atomic mass is 16.5. The third kappa shape index (κ3) is 2.58. The summed E-state index contributed by atoms with van der Waals surface area (Å²) in [6.45, 7) is 1.84. The van der Waals surface area contributed by atoms with Crippen molar-refractivity contribution in [3.05, 3.63) is 35.9 Å². The van der Waals surface area contributed by atoms with Crippen LogP contribution in [0, 0.1) is 0 Å². The van der Waals surface area contributed by atoms with Crippen molar-refractivity contribution in [3.8, 4) is 0 Å². The van der Waals surface area contributed by atoms with Crippen molar-refractivity contribution in [2.24, 2.45) is 0 Å². The van der Waals surface area contributed by atoms with E-state index in [4.69, 9.17) is 4.74 Å². The number of hydrogen-bond acceptors (Lipinski definition) is 3. The van der Waals surface area contributed by atoms with E-state index in [1.54, 1.807) is 0 Å². The first-order valence-electron chi connectivity index (χ1n) is 7.34. The lowest BCUT2D eigenvalue weighted by molar-refractivity contribution is -0.154. The molecule has 1 aromatic rings. The highest BCUT2D eigenvalue weighted by Crippen LogP contribution is 2.36. The number of carboxylic acids is 1. The first-order chi connectivity index (χ1) is 9.65. The number of carboxylic acid groups (broad SMARTS) is 1. The summed E-state index contributed by atoms with van der Waals surface area (Å²) in [5.41, 5.74) is 1.35. The fourth-order valence-corrected chi connectivity index (χ4v) is 3.50. The molecule has 0 spiro atoms. The smallest absolute Gasteiger partial charge is 0.323 e. The topological polar surface area (TPSA) is 58.6 Å². The second-order valence-electron chi connectivity index (χ2n) is 5.89. The van der Waals surface area contributed by atoms with E-state index < -0.39 is 12.0 Å². The lowest BCUT2D eigenvalue weighted by Gasteiger charge is -2.44. The van der Waals surface area contributed by atoms with Gasteiger partial charge in [-0.3, -0.25) is 10.1 Å². The van der Waals surface area contributed by atoms with Gasteiger partial charge in [-0.2, -0.15) is 0 Å². The molecule has 1 saturated heterocycles. The van der Waals surface area contributed by atoms with Gasteiger partial charge < -0.3 is 9.84 Å². The van der Waals surface area contributed by atoms with E-state index in [2.05, 4.69) is 29.6 Å². The molecule has 20 heavy (non-hydrogen) atoms. The summed E-state index contributed by atoms with van der Waals surface area (Å²) in [4.78, 5) is 11.2. The minimum atomic E-state index is -0.821. The van der Waals surface area contributed by atoms with Crippen molar-refractivity contribution >= 4 is 5.97 Å². The molecule has 2 aliphatic rings. The fraction of sp³-hybridized carbons (Fsp3) is 0.562. The van der Waals surface area contributed by atoms with Gasteiger partial charge in [0.2, 0.25) is 0 Å². The van der Waals surface area contributed by atoms with Crippen molar-refractivity contribution < 1.29 is 14.6 Å². The molecule has 5 unspecified atom stereocenters. The highest BCUT2D eigenvalue weighted by Gasteiger charge is 2.42. The van der Waals surface area contributed by atoms with Crippen molar-refractivity contribution in [3.63, 3.8) is 0 Å². The van der Waals surface area contributed by atoms with Gasteiger partial charge in [0.15, 0.2) is 0 Å². The van der Waals surface area contributed by atoms with E-state index >= 15 is 0 Å². The molecule has 2 N–H and O–H groups in total. The first kappa shape index (κ1) is 13.6. The lowest BCUT2D eigenvalue weighted by Crippen LogP contribution is -2.62. The zero-order valence-corrected chi connectivity index (χ0v) is 11.7. The largest absolute Gasteiger partial charge is 0.480 e. The van der Waals surface area contributed by atoms with Gasteiger partial charge >= 0.3 is 5.97 Å². The summed E-state index contributed by atoms with van der Waals surface area (Å²) in [5.74, 6) is -0.325. The maximum Gasteiger partial charge on any atom is 0.323 e. The van der Waals surface area contributed by atoms with E-state index in [1.807, 2.05) is 13.0 Å².